The van der Waals surface area contributed by atoms with E-state index in [2.05, 4.69) is 12.2 Å². The molecule has 152 valence electrons. The van der Waals surface area contributed by atoms with Crippen LogP contribution in [0, 0.1) is 16.0 Å². The summed E-state index contributed by atoms with van der Waals surface area (Å²) in [6.07, 6.45) is 1.95. The average Bonchev–Trinajstić information content (AvgIpc) is 2.73. The molecule has 0 unspecified atom stereocenters. The Morgan fingerprint density at radius 3 is 2.45 bits per heavy atom. The molecule has 2 amide bonds. The van der Waals surface area contributed by atoms with Crippen molar-refractivity contribution in [3.63, 3.8) is 0 Å². The zero-order valence-electron chi connectivity index (χ0n) is 16.2. The Bertz CT molecular complexity index is 889. The van der Waals surface area contributed by atoms with E-state index in [0.717, 1.165) is 12.8 Å². The quantitative estimate of drug-likeness (QED) is 0.594. The van der Waals surface area contributed by atoms with Crippen molar-refractivity contribution in [1.82, 2.24) is 4.90 Å². The lowest BCUT2D eigenvalue weighted by atomic mass is 9.98. The minimum Gasteiger partial charge on any atom is -0.484 e. The number of nitrogens with zero attached hydrogens (tertiary/aromatic N) is 2. The summed E-state index contributed by atoms with van der Waals surface area (Å²) < 4.78 is 5.37. The molecule has 2 aromatic rings. The van der Waals surface area contributed by atoms with E-state index in [1.165, 1.54) is 24.3 Å². The molecular weight excluding hydrogens is 374 g/mol. The van der Waals surface area contributed by atoms with Crippen molar-refractivity contribution in [2.75, 3.05) is 25.0 Å². The van der Waals surface area contributed by atoms with E-state index in [-0.39, 0.29) is 18.2 Å². The molecule has 8 nitrogen and oxygen atoms in total. The Labute approximate surface area is 168 Å². The van der Waals surface area contributed by atoms with Crippen LogP contribution in [0.15, 0.2) is 48.5 Å². The molecule has 1 heterocycles. The molecule has 0 radical (unpaired) electrons. The fraction of sp³-hybridized carbons (Fsp3) is 0.333. The second-order valence-electron chi connectivity index (χ2n) is 7.11. The van der Waals surface area contributed by atoms with Crippen molar-refractivity contribution in [3.05, 3.63) is 64.2 Å². The Hall–Kier alpha value is -3.42. The van der Waals surface area contributed by atoms with Crippen LogP contribution in [0.25, 0.3) is 0 Å². The minimum atomic E-state index is -0.507. The number of amides is 2. The van der Waals surface area contributed by atoms with Gasteiger partial charge in [0.25, 0.3) is 17.5 Å². The standard InChI is InChI=1S/C21H23N3O5/c1-15-10-12-23(13-11-15)21(26)18-4-2-3-5-19(18)22-20(25)14-29-17-8-6-16(7-9-17)24(27)28/h2-9,15H,10-14H2,1H3,(H,22,25). The number of carbonyl (C=O) groups excluding carboxylic acids is 2. The molecule has 0 aliphatic carbocycles. The summed E-state index contributed by atoms with van der Waals surface area (Å²) in [5.74, 6) is 0.447. The molecule has 1 aliphatic heterocycles. The van der Waals surface area contributed by atoms with E-state index in [0.29, 0.717) is 36.0 Å². The Balaban J connectivity index is 1.60. The molecule has 0 spiro atoms. The Morgan fingerprint density at radius 2 is 1.79 bits per heavy atom. The van der Waals surface area contributed by atoms with Crippen LogP contribution in [-0.2, 0) is 4.79 Å². The zero-order valence-corrected chi connectivity index (χ0v) is 16.2. The highest BCUT2D eigenvalue weighted by Gasteiger charge is 2.23. The lowest BCUT2D eigenvalue weighted by Crippen LogP contribution is -2.38. The van der Waals surface area contributed by atoms with Gasteiger partial charge in [-0.3, -0.25) is 19.7 Å². The number of non-ortho nitro benzene ring substituents is 1. The van der Waals surface area contributed by atoms with Gasteiger partial charge in [-0.15, -0.1) is 0 Å². The fourth-order valence-corrected chi connectivity index (χ4v) is 3.16. The van der Waals surface area contributed by atoms with E-state index in [9.17, 15) is 19.7 Å². The third kappa shape index (κ3) is 5.31. The van der Waals surface area contributed by atoms with Gasteiger partial charge in [-0.05, 0) is 43.0 Å². The number of nitro benzene ring substituents is 1. The molecule has 0 atom stereocenters. The van der Waals surface area contributed by atoms with Crippen LogP contribution in [0.1, 0.15) is 30.1 Å². The third-order valence-electron chi connectivity index (χ3n) is 4.92. The first-order valence-corrected chi connectivity index (χ1v) is 9.49. The van der Waals surface area contributed by atoms with Crippen LogP contribution >= 0.6 is 0 Å². The number of piperidine rings is 1. The number of carbonyl (C=O) groups is 2. The Morgan fingerprint density at radius 1 is 1.14 bits per heavy atom. The molecule has 2 aromatic carbocycles. The van der Waals surface area contributed by atoms with Crippen molar-refractivity contribution < 1.29 is 19.2 Å². The summed E-state index contributed by atoms with van der Waals surface area (Å²) in [5, 5.41) is 13.4. The number of likely N-dealkylation sites (tertiary alicyclic amines) is 1. The lowest BCUT2D eigenvalue weighted by Gasteiger charge is -2.30. The highest BCUT2D eigenvalue weighted by atomic mass is 16.6. The van der Waals surface area contributed by atoms with E-state index in [4.69, 9.17) is 4.74 Å². The van der Waals surface area contributed by atoms with Crippen LogP contribution < -0.4 is 10.1 Å². The predicted octanol–water partition coefficient (Wildman–Crippen LogP) is 3.48. The van der Waals surface area contributed by atoms with E-state index < -0.39 is 10.8 Å². The number of para-hydroxylation sites is 1. The summed E-state index contributed by atoms with van der Waals surface area (Å²) in [6.45, 7) is 3.33. The fourth-order valence-electron chi connectivity index (χ4n) is 3.16. The van der Waals surface area contributed by atoms with Gasteiger partial charge in [0.05, 0.1) is 16.2 Å². The third-order valence-corrected chi connectivity index (χ3v) is 4.92. The van der Waals surface area contributed by atoms with Gasteiger partial charge in [-0.25, -0.2) is 0 Å². The number of nitrogens with one attached hydrogen (secondary N) is 1. The van der Waals surface area contributed by atoms with Crippen molar-refractivity contribution in [3.8, 4) is 5.75 Å². The number of hydrogen-bond donors (Lipinski definition) is 1. The topological polar surface area (TPSA) is 102 Å². The van der Waals surface area contributed by atoms with E-state index in [1.54, 1.807) is 24.3 Å². The molecule has 29 heavy (non-hydrogen) atoms. The molecule has 0 saturated carbocycles. The Kier molecular flexibility index (Phi) is 6.43. The molecule has 3 rings (SSSR count). The van der Waals surface area contributed by atoms with Gasteiger partial charge in [0.15, 0.2) is 6.61 Å². The SMILES string of the molecule is CC1CCN(C(=O)c2ccccc2NC(=O)COc2ccc([N+](=O)[O-])cc2)CC1. The number of nitro groups is 1. The average molecular weight is 397 g/mol. The summed E-state index contributed by atoms with van der Waals surface area (Å²) in [5.41, 5.74) is 0.834. The van der Waals surface area contributed by atoms with E-state index in [1.807, 2.05) is 4.90 Å². The first-order chi connectivity index (χ1) is 13.9. The monoisotopic (exact) mass is 397 g/mol. The van der Waals surface area contributed by atoms with Crippen molar-refractivity contribution in [2.45, 2.75) is 19.8 Å². The summed E-state index contributed by atoms with van der Waals surface area (Å²) in [4.78, 5) is 37.1. The summed E-state index contributed by atoms with van der Waals surface area (Å²) >= 11 is 0. The largest absolute Gasteiger partial charge is 0.484 e. The molecule has 0 aromatic heterocycles. The molecular formula is C21H23N3O5. The zero-order chi connectivity index (χ0) is 20.8. The van der Waals surface area contributed by atoms with E-state index >= 15 is 0 Å². The number of hydrogen-bond acceptors (Lipinski definition) is 5. The predicted molar refractivity (Wildman–Crippen MR) is 108 cm³/mol. The first-order valence-electron chi connectivity index (χ1n) is 9.49. The van der Waals surface area contributed by atoms with Gasteiger partial charge in [-0.2, -0.15) is 0 Å². The number of anilines is 1. The van der Waals surface area contributed by atoms with Gasteiger partial charge in [-0.1, -0.05) is 19.1 Å². The summed E-state index contributed by atoms with van der Waals surface area (Å²) in [7, 11) is 0. The van der Waals surface area contributed by atoms with Crippen LogP contribution in [-0.4, -0.2) is 41.3 Å². The normalized spacial score (nSPS) is 14.3. The highest BCUT2D eigenvalue weighted by molar-refractivity contribution is 6.04. The number of ether oxygens (including phenoxy) is 1. The maximum atomic E-state index is 12.9. The number of rotatable bonds is 6. The first kappa shape index (κ1) is 20.3. The van der Waals surface area contributed by atoms with Gasteiger partial charge in [0.1, 0.15) is 5.75 Å². The molecule has 1 N–H and O–H groups in total. The van der Waals surface area contributed by atoms with Gasteiger partial charge >= 0.3 is 0 Å². The molecule has 8 heteroatoms. The van der Waals surface area contributed by atoms with Crippen molar-refractivity contribution >= 4 is 23.2 Å². The maximum Gasteiger partial charge on any atom is 0.269 e. The van der Waals surface area contributed by atoms with Crippen molar-refractivity contribution in [1.29, 1.82) is 0 Å². The minimum absolute atomic E-state index is 0.0543. The van der Waals surface area contributed by atoms with Crippen LogP contribution in [0.3, 0.4) is 0 Å². The molecule has 1 fully saturated rings. The molecule has 0 bridgehead atoms. The van der Waals surface area contributed by atoms with Crippen LogP contribution in [0.2, 0.25) is 0 Å². The molecule has 1 aliphatic rings. The number of benzene rings is 2. The summed E-state index contributed by atoms with van der Waals surface area (Å²) in [6, 6.07) is 12.4. The maximum absolute atomic E-state index is 12.9. The lowest BCUT2D eigenvalue weighted by molar-refractivity contribution is -0.384. The second-order valence-corrected chi connectivity index (χ2v) is 7.11. The highest BCUT2D eigenvalue weighted by Crippen LogP contribution is 2.22. The van der Waals surface area contributed by atoms with Crippen LogP contribution in [0.5, 0.6) is 5.75 Å². The second kappa shape index (κ2) is 9.18. The van der Waals surface area contributed by atoms with Crippen molar-refractivity contribution in [2.24, 2.45) is 5.92 Å². The van der Waals surface area contributed by atoms with Crippen LogP contribution in [0.4, 0.5) is 11.4 Å². The molecule has 1 saturated heterocycles. The van der Waals surface area contributed by atoms with Gasteiger partial charge in [0.2, 0.25) is 0 Å². The van der Waals surface area contributed by atoms with Gasteiger partial charge in [0, 0.05) is 25.2 Å². The smallest absolute Gasteiger partial charge is 0.269 e. The van der Waals surface area contributed by atoms with Gasteiger partial charge < -0.3 is 15.0 Å².